The van der Waals surface area contributed by atoms with Gasteiger partial charge in [0.05, 0.1) is 0 Å². The van der Waals surface area contributed by atoms with Crippen molar-refractivity contribution in [2.24, 2.45) is 5.92 Å². The van der Waals surface area contributed by atoms with Crippen molar-refractivity contribution in [3.8, 4) is 0 Å². The van der Waals surface area contributed by atoms with Crippen molar-refractivity contribution in [2.75, 3.05) is 26.2 Å². The Morgan fingerprint density at radius 2 is 2.00 bits per heavy atom. The topological polar surface area (TPSA) is 15.3 Å². The Labute approximate surface area is 140 Å². The van der Waals surface area contributed by atoms with Gasteiger partial charge in [0.2, 0.25) is 0 Å². The highest BCUT2D eigenvalue weighted by molar-refractivity contribution is 9.10. The number of nitrogens with zero attached hydrogens (tertiary/aromatic N) is 1. The van der Waals surface area contributed by atoms with E-state index in [2.05, 4.69) is 37.6 Å². The van der Waals surface area contributed by atoms with Gasteiger partial charge in [-0.2, -0.15) is 0 Å². The summed E-state index contributed by atoms with van der Waals surface area (Å²) in [5.74, 6) is 0.996. The van der Waals surface area contributed by atoms with Gasteiger partial charge < -0.3 is 5.32 Å². The van der Waals surface area contributed by atoms with E-state index in [1.165, 1.54) is 36.8 Å². The van der Waals surface area contributed by atoms with E-state index in [0.29, 0.717) is 6.04 Å². The molecule has 3 rings (SSSR count). The van der Waals surface area contributed by atoms with E-state index < -0.39 is 0 Å². The number of hydrogen-bond acceptors (Lipinski definition) is 3. The van der Waals surface area contributed by atoms with Gasteiger partial charge in [0.25, 0.3) is 0 Å². The van der Waals surface area contributed by atoms with Crippen molar-refractivity contribution < 1.29 is 0 Å². The lowest BCUT2D eigenvalue weighted by molar-refractivity contribution is 0.163. The Morgan fingerprint density at radius 1 is 1.32 bits per heavy atom. The second-order valence-corrected chi connectivity index (χ2v) is 7.01. The number of rotatable bonds is 4. The van der Waals surface area contributed by atoms with E-state index in [9.17, 15) is 0 Å². The molecule has 1 saturated heterocycles. The molecule has 2 aliphatic rings. The normalized spacial score (nSPS) is 21.3. The summed E-state index contributed by atoms with van der Waals surface area (Å²) < 4.78 is 1.24. The molecule has 1 aromatic rings. The minimum atomic E-state index is 0. The molecular formula is C13H21BrCl2N2S. The van der Waals surface area contributed by atoms with Crippen LogP contribution in [0.4, 0.5) is 0 Å². The first-order valence-corrected chi connectivity index (χ1v) is 8.19. The van der Waals surface area contributed by atoms with Gasteiger partial charge in [-0.15, -0.1) is 36.2 Å². The van der Waals surface area contributed by atoms with Gasteiger partial charge in [-0.05, 0) is 34.3 Å². The van der Waals surface area contributed by atoms with Gasteiger partial charge in [-0.25, -0.2) is 0 Å². The molecule has 1 saturated carbocycles. The lowest BCUT2D eigenvalue weighted by Crippen LogP contribution is -2.45. The largest absolute Gasteiger partial charge is 0.314 e. The average Bonchev–Trinajstić information content (AvgIpc) is 3.08. The molecule has 1 atom stereocenters. The molecule has 0 radical (unpaired) electrons. The predicted molar refractivity (Wildman–Crippen MR) is 91.0 cm³/mol. The summed E-state index contributed by atoms with van der Waals surface area (Å²) in [5, 5.41) is 5.67. The second kappa shape index (κ2) is 8.20. The van der Waals surface area contributed by atoms with Crippen LogP contribution in [-0.2, 0) is 0 Å². The highest BCUT2D eigenvalue weighted by Crippen LogP contribution is 2.42. The van der Waals surface area contributed by atoms with Gasteiger partial charge in [0.15, 0.2) is 0 Å². The van der Waals surface area contributed by atoms with Crippen LogP contribution in [-0.4, -0.2) is 31.1 Å². The summed E-state index contributed by atoms with van der Waals surface area (Å²) in [6.07, 6.45) is 4.28. The molecule has 1 N–H and O–H groups in total. The fraction of sp³-hybridized carbons (Fsp3) is 0.692. The highest BCUT2D eigenvalue weighted by Gasteiger charge is 2.31. The molecule has 0 amide bonds. The number of piperazine rings is 1. The Bertz CT molecular complexity index is 378. The maximum absolute atomic E-state index is 3.59. The van der Waals surface area contributed by atoms with E-state index in [1.54, 1.807) is 4.88 Å². The average molecular weight is 388 g/mol. The van der Waals surface area contributed by atoms with Crippen LogP contribution in [0, 0.1) is 5.92 Å². The Morgan fingerprint density at radius 3 is 2.53 bits per heavy atom. The van der Waals surface area contributed by atoms with Crippen LogP contribution in [0.15, 0.2) is 15.9 Å². The quantitative estimate of drug-likeness (QED) is 0.836. The van der Waals surface area contributed by atoms with Crippen molar-refractivity contribution in [1.29, 1.82) is 0 Å². The van der Waals surface area contributed by atoms with E-state index in [0.717, 1.165) is 19.0 Å². The first-order valence-electron chi connectivity index (χ1n) is 6.51. The third-order valence-electron chi connectivity index (χ3n) is 3.76. The van der Waals surface area contributed by atoms with Crippen molar-refractivity contribution in [1.82, 2.24) is 10.2 Å². The van der Waals surface area contributed by atoms with Crippen molar-refractivity contribution in [3.63, 3.8) is 0 Å². The maximum atomic E-state index is 3.59. The number of hydrogen-bond donors (Lipinski definition) is 1. The van der Waals surface area contributed by atoms with E-state index in [1.807, 2.05) is 11.3 Å². The molecule has 19 heavy (non-hydrogen) atoms. The smallest absolute Gasteiger partial charge is 0.0445 e. The first-order chi connectivity index (χ1) is 8.33. The van der Waals surface area contributed by atoms with Gasteiger partial charge in [-0.1, -0.05) is 12.8 Å². The van der Waals surface area contributed by atoms with Crippen molar-refractivity contribution in [3.05, 3.63) is 20.8 Å². The maximum Gasteiger partial charge on any atom is 0.0445 e. The second-order valence-electron chi connectivity index (χ2n) is 5.15. The fourth-order valence-corrected chi connectivity index (χ4v) is 4.20. The summed E-state index contributed by atoms with van der Waals surface area (Å²) in [4.78, 5) is 4.22. The van der Waals surface area contributed by atoms with Crippen LogP contribution >= 0.6 is 52.1 Å². The standard InChI is InChI=1S/C13H19BrN2S.2ClH/c14-11-8-13(17-9-11)12(7-10-1-2-10)16-5-3-15-4-6-16;;/h8-10,12,15H,1-7H2;2*1H/t12-;;/m1../s1. The zero-order valence-electron chi connectivity index (χ0n) is 10.8. The fourth-order valence-electron chi connectivity index (χ4n) is 2.61. The molecule has 1 aromatic heterocycles. The Balaban J connectivity index is 0.000000902. The molecule has 0 aromatic carbocycles. The molecule has 1 aliphatic carbocycles. The van der Waals surface area contributed by atoms with Gasteiger partial charge in [0.1, 0.15) is 0 Å². The van der Waals surface area contributed by atoms with Crippen LogP contribution in [0.1, 0.15) is 30.2 Å². The number of thiophene rings is 1. The molecule has 0 unspecified atom stereocenters. The minimum absolute atomic E-state index is 0. The van der Waals surface area contributed by atoms with Crippen LogP contribution < -0.4 is 5.32 Å². The monoisotopic (exact) mass is 386 g/mol. The van der Waals surface area contributed by atoms with Crippen molar-refractivity contribution in [2.45, 2.75) is 25.3 Å². The van der Waals surface area contributed by atoms with Gasteiger partial charge >= 0.3 is 0 Å². The van der Waals surface area contributed by atoms with E-state index in [-0.39, 0.29) is 24.8 Å². The highest BCUT2D eigenvalue weighted by atomic mass is 79.9. The van der Waals surface area contributed by atoms with Crippen LogP contribution in [0.5, 0.6) is 0 Å². The molecule has 2 fully saturated rings. The molecule has 1 aliphatic heterocycles. The van der Waals surface area contributed by atoms with E-state index in [4.69, 9.17) is 0 Å². The van der Waals surface area contributed by atoms with Crippen molar-refractivity contribution >= 4 is 52.1 Å². The van der Waals surface area contributed by atoms with Crippen LogP contribution in [0.25, 0.3) is 0 Å². The lowest BCUT2D eigenvalue weighted by Gasteiger charge is -2.34. The minimum Gasteiger partial charge on any atom is -0.314 e. The number of nitrogens with one attached hydrogen (secondary N) is 1. The molecule has 110 valence electrons. The summed E-state index contributed by atoms with van der Waals surface area (Å²) in [5.41, 5.74) is 0. The summed E-state index contributed by atoms with van der Waals surface area (Å²) in [6.45, 7) is 4.70. The summed E-state index contributed by atoms with van der Waals surface area (Å²) in [7, 11) is 0. The predicted octanol–water partition coefficient (Wildman–Crippen LogP) is 4.10. The van der Waals surface area contributed by atoms with E-state index >= 15 is 0 Å². The summed E-state index contributed by atoms with van der Waals surface area (Å²) in [6, 6.07) is 2.99. The Kier molecular flexibility index (Phi) is 7.65. The molecule has 2 nitrogen and oxygen atoms in total. The molecule has 2 heterocycles. The Hall–Kier alpha value is 0.680. The molecule has 0 bridgehead atoms. The molecular weight excluding hydrogens is 367 g/mol. The van der Waals surface area contributed by atoms with Gasteiger partial charge in [-0.3, -0.25) is 4.90 Å². The van der Waals surface area contributed by atoms with Crippen LogP contribution in [0.2, 0.25) is 0 Å². The van der Waals surface area contributed by atoms with Gasteiger partial charge in [0, 0.05) is 47.0 Å². The molecule has 6 heteroatoms. The third-order valence-corrected chi connectivity index (χ3v) is 5.56. The summed E-state index contributed by atoms with van der Waals surface area (Å²) >= 11 is 5.50. The third kappa shape index (κ3) is 4.87. The lowest BCUT2D eigenvalue weighted by atomic mass is 10.1. The zero-order valence-corrected chi connectivity index (χ0v) is 14.8. The first kappa shape index (κ1) is 17.7. The molecule has 0 spiro atoms. The SMILES string of the molecule is Brc1csc([C@@H](CC2CC2)N2CCNCC2)c1.Cl.Cl. The zero-order chi connectivity index (χ0) is 11.7. The number of halogens is 3. The van der Waals surface area contributed by atoms with Crippen LogP contribution in [0.3, 0.4) is 0 Å².